The van der Waals surface area contributed by atoms with Gasteiger partial charge in [-0.3, -0.25) is 14.5 Å². The average Bonchev–Trinajstić information content (AvgIpc) is 2.63. The van der Waals surface area contributed by atoms with E-state index < -0.39 is 6.04 Å². The molecule has 0 aliphatic heterocycles. The Hall–Kier alpha value is -2.37. The normalized spacial score (nSPS) is 11.9. The van der Waals surface area contributed by atoms with Crippen LogP contribution in [0.3, 0.4) is 0 Å². The van der Waals surface area contributed by atoms with E-state index in [1.165, 1.54) is 0 Å². The summed E-state index contributed by atoms with van der Waals surface area (Å²) in [5, 5.41) is 3.41. The summed E-state index contributed by atoms with van der Waals surface area (Å²) >= 11 is 5.83. The van der Waals surface area contributed by atoms with Gasteiger partial charge >= 0.3 is 0 Å². The summed E-state index contributed by atoms with van der Waals surface area (Å²) in [6, 6.07) is 16.3. The van der Waals surface area contributed by atoms with Crippen molar-refractivity contribution in [3.63, 3.8) is 0 Å². The quantitative estimate of drug-likeness (QED) is 0.810. The van der Waals surface area contributed by atoms with E-state index in [1.54, 1.807) is 55.1 Å². The standard InChI is InChI=1S/C20H24ClN3O2/c1-15(20(26)24(3)13-16-7-5-4-6-8-16)23(2)14-19(25)22-18-11-9-17(21)10-12-18/h4-12,15H,13-14H2,1-3H3,(H,22,25)/t15-/m1/s1. The lowest BCUT2D eigenvalue weighted by Gasteiger charge is -2.27. The van der Waals surface area contributed by atoms with Crippen LogP contribution in [0.15, 0.2) is 54.6 Å². The summed E-state index contributed by atoms with van der Waals surface area (Å²) in [7, 11) is 3.54. The van der Waals surface area contributed by atoms with Crippen LogP contribution >= 0.6 is 11.6 Å². The fourth-order valence-electron chi connectivity index (χ4n) is 2.54. The van der Waals surface area contributed by atoms with Gasteiger partial charge in [0.1, 0.15) is 0 Å². The average molecular weight is 374 g/mol. The Balaban J connectivity index is 1.86. The molecule has 5 nitrogen and oxygen atoms in total. The van der Waals surface area contributed by atoms with Gasteiger partial charge in [-0.2, -0.15) is 0 Å². The summed E-state index contributed by atoms with van der Waals surface area (Å²) in [6.45, 7) is 2.46. The third kappa shape index (κ3) is 5.86. The molecule has 0 fully saturated rings. The van der Waals surface area contributed by atoms with Crippen molar-refractivity contribution in [1.82, 2.24) is 9.80 Å². The first kappa shape index (κ1) is 19.9. The number of hydrogen-bond donors (Lipinski definition) is 1. The maximum Gasteiger partial charge on any atom is 0.239 e. The Kier molecular flexibility index (Phi) is 7.18. The SMILES string of the molecule is C[C@H](C(=O)N(C)Cc1ccccc1)N(C)CC(=O)Nc1ccc(Cl)cc1. The molecular formula is C20H24ClN3O2. The lowest BCUT2D eigenvalue weighted by Crippen LogP contribution is -2.46. The van der Waals surface area contributed by atoms with Crippen LogP contribution in [0.25, 0.3) is 0 Å². The molecule has 0 unspecified atom stereocenters. The Morgan fingerprint density at radius 3 is 2.27 bits per heavy atom. The highest BCUT2D eigenvalue weighted by Crippen LogP contribution is 2.13. The number of carbonyl (C=O) groups excluding carboxylic acids is 2. The van der Waals surface area contributed by atoms with Gasteiger partial charge in [0.25, 0.3) is 0 Å². The fourth-order valence-corrected chi connectivity index (χ4v) is 2.67. The zero-order valence-electron chi connectivity index (χ0n) is 15.3. The van der Waals surface area contributed by atoms with Gasteiger partial charge in [0, 0.05) is 24.3 Å². The number of hydrogen-bond acceptors (Lipinski definition) is 3. The number of halogens is 1. The van der Waals surface area contributed by atoms with E-state index in [9.17, 15) is 9.59 Å². The molecule has 0 aliphatic carbocycles. The van der Waals surface area contributed by atoms with Crippen molar-refractivity contribution < 1.29 is 9.59 Å². The first-order valence-corrected chi connectivity index (χ1v) is 8.79. The predicted octanol–water partition coefficient (Wildman–Crippen LogP) is 3.26. The lowest BCUT2D eigenvalue weighted by atomic mass is 10.2. The maximum atomic E-state index is 12.6. The van der Waals surface area contributed by atoms with Crippen LogP contribution in [0.1, 0.15) is 12.5 Å². The van der Waals surface area contributed by atoms with Crippen LogP contribution in [-0.4, -0.2) is 48.3 Å². The van der Waals surface area contributed by atoms with Crippen molar-refractivity contribution in [3.8, 4) is 0 Å². The molecule has 26 heavy (non-hydrogen) atoms. The summed E-state index contributed by atoms with van der Waals surface area (Å²) in [5.41, 5.74) is 1.74. The van der Waals surface area contributed by atoms with E-state index in [0.717, 1.165) is 5.56 Å². The van der Waals surface area contributed by atoms with Crippen molar-refractivity contribution in [2.75, 3.05) is 26.0 Å². The van der Waals surface area contributed by atoms with Gasteiger partial charge in [0.05, 0.1) is 12.6 Å². The van der Waals surface area contributed by atoms with Crippen LogP contribution in [-0.2, 0) is 16.1 Å². The van der Waals surface area contributed by atoms with Gasteiger partial charge in [0.15, 0.2) is 0 Å². The second-order valence-corrected chi connectivity index (χ2v) is 6.76. The molecule has 1 N–H and O–H groups in total. The van der Waals surface area contributed by atoms with Crippen molar-refractivity contribution in [2.24, 2.45) is 0 Å². The summed E-state index contributed by atoms with van der Waals surface area (Å²) in [4.78, 5) is 28.2. The highest BCUT2D eigenvalue weighted by molar-refractivity contribution is 6.30. The number of nitrogens with zero attached hydrogens (tertiary/aromatic N) is 2. The van der Waals surface area contributed by atoms with Gasteiger partial charge < -0.3 is 10.2 Å². The molecule has 138 valence electrons. The molecule has 0 saturated carbocycles. The second-order valence-electron chi connectivity index (χ2n) is 6.33. The first-order valence-electron chi connectivity index (χ1n) is 8.41. The number of carbonyl (C=O) groups is 2. The molecule has 2 rings (SSSR count). The number of amides is 2. The number of nitrogens with one attached hydrogen (secondary N) is 1. The predicted molar refractivity (Wildman–Crippen MR) is 105 cm³/mol. The molecule has 0 saturated heterocycles. The second kappa shape index (κ2) is 9.36. The van der Waals surface area contributed by atoms with Crippen LogP contribution < -0.4 is 5.32 Å². The molecule has 1 atom stereocenters. The molecule has 0 heterocycles. The number of benzene rings is 2. The number of likely N-dealkylation sites (N-methyl/N-ethyl adjacent to an activating group) is 2. The third-order valence-corrected chi connectivity index (χ3v) is 4.43. The Bertz CT molecular complexity index is 734. The van der Waals surface area contributed by atoms with E-state index in [1.807, 2.05) is 30.3 Å². The maximum absolute atomic E-state index is 12.6. The molecule has 0 bridgehead atoms. The summed E-state index contributed by atoms with van der Waals surface area (Å²) in [5.74, 6) is -0.212. The minimum Gasteiger partial charge on any atom is -0.340 e. The van der Waals surface area contributed by atoms with Gasteiger partial charge in [-0.05, 0) is 43.8 Å². The van der Waals surface area contributed by atoms with E-state index in [0.29, 0.717) is 17.3 Å². The monoisotopic (exact) mass is 373 g/mol. The molecular weight excluding hydrogens is 350 g/mol. The van der Waals surface area contributed by atoms with Crippen molar-refractivity contribution in [3.05, 3.63) is 65.2 Å². The van der Waals surface area contributed by atoms with Crippen molar-refractivity contribution >= 4 is 29.1 Å². The van der Waals surface area contributed by atoms with Gasteiger partial charge in [-0.1, -0.05) is 41.9 Å². The summed E-state index contributed by atoms with van der Waals surface area (Å²) < 4.78 is 0. The lowest BCUT2D eigenvalue weighted by molar-refractivity contribution is -0.135. The number of rotatable bonds is 7. The van der Waals surface area contributed by atoms with Crippen LogP contribution in [0.5, 0.6) is 0 Å². The zero-order valence-corrected chi connectivity index (χ0v) is 16.0. The van der Waals surface area contributed by atoms with Crippen molar-refractivity contribution in [1.29, 1.82) is 0 Å². The van der Waals surface area contributed by atoms with Crippen LogP contribution in [0.2, 0.25) is 5.02 Å². The van der Waals surface area contributed by atoms with Crippen LogP contribution in [0, 0.1) is 0 Å². The molecule has 2 amide bonds. The Morgan fingerprint density at radius 1 is 1.04 bits per heavy atom. The van der Waals surface area contributed by atoms with E-state index >= 15 is 0 Å². The third-order valence-electron chi connectivity index (χ3n) is 4.18. The largest absolute Gasteiger partial charge is 0.340 e. The molecule has 0 aromatic heterocycles. The zero-order chi connectivity index (χ0) is 19.1. The molecule has 6 heteroatoms. The highest BCUT2D eigenvalue weighted by Gasteiger charge is 2.23. The molecule has 0 spiro atoms. The molecule has 2 aromatic rings. The minimum absolute atomic E-state index is 0.0318. The fraction of sp³-hybridized carbons (Fsp3) is 0.300. The highest BCUT2D eigenvalue weighted by atomic mass is 35.5. The first-order chi connectivity index (χ1) is 12.4. The molecule has 2 aromatic carbocycles. The minimum atomic E-state index is -0.403. The topological polar surface area (TPSA) is 52.7 Å². The van der Waals surface area contributed by atoms with E-state index in [-0.39, 0.29) is 18.4 Å². The van der Waals surface area contributed by atoms with Gasteiger partial charge in [0.2, 0.25) is 11.8 Å². The molecule has 0 radical (unpaired) electrons. The van der Waals surface area contributed by atoms with E-state index in [2.05, 4.69) is 5.32 Å². The number of anilines is 1. The molecule has 0 aliphatic rings. The van der Waals surface area contributed by atoms with Gasteiger partial charge in [-0.25, -0.2) is 0 Å². The van der Waals surface area contributed by atoms with Gasteiger partial charge in [-0.15, -0.1) is 0 Å². The van der Waals surface area contributed by atoms with E-state index in [4.69, 9.17) is 11.6 Å². The Labute approximate surface area is 159 Å². The van der Waals surface area contributed by atoms with Crippen molar-refractivity contribution in [2.45, 2.75) is 19.5 Å². The van der Waals surface area contributed by atoms with Crippen LogP contribution in [0.4, 0.5) is 5.69 Å². The Morgan fingerprint density at radius 2 is 1.65 bits per heavy atom. The smallest absolute Gasteiger partial charge is 0.239 e. The summed E-state index contributed by atoms with van der Waals surface area (Å²) in [6.07, 6.45) is 0.